The van der Waals surface area contributed by atoms with Gasteiger partial charge in [-0.15, -0.1) is 0 Å². The van der Waals surface area contributed by atoms with Gasteiger partial charge in [-0.3, -0.25) is 9.80 Å². The fraction of sp³-hybridized carbons (Fsp3) is 1.00. The lowest BCUT2D eigenvalue weighted by Crippen LogP contribution is -2.65. The van der Waals surface area contributed by atoms with E-state index >= 15 is 0 Å². The number of fused-ring (bicyclic) bond motifs is 2. The Balaban J connectivity index is 1.25. The molecular formula is C22H39N3O2S. The minimum atomic E-state index is 0.714. The van der Waals surface area contributed by atoms with Crippen molar-refractivity contribution in [3.63, 3.8) is 0 Å². The standard InChI is InChI=1S/C22H39N3O2S/c1-15-11-17(24-3-7-26-8-4-24)13-19-21(15)23-22-16(2)12-18(14-20(22)28-19)25-5-9-27-10-6-25/h15-23H,3-14H2,1-2H3. The third-order valence-corrected chi connectivity index (χ3v) is 9.85. The van der Waals surface area contributed by atoms with Crippen LogP contribution in [0.15, 0.2) is 0 Å². The van der Waals surface area contributed by atoms with Crippen LogP contribution in [0, 0.1) is 11.8 Å². The van der Waals surface area contributed by atoms with Gasteiger partial charge in [0.15, 0.2) is 0 Å². The quantitative estimate of drug-likeness (QED) is 0.752. The molecule has 0 amide bonds. The van der Waals surface area contributed by atoms with Crippen LogP contribution >= 0.6 is 11.8 Å². The van der Waals surface area contributed by atoms with E-state index in [0.29, 0.717) is 12.1 Å². The number of hydrogen-bond acceptors (Lipinski definition) is 6. The molecule has 0 aromatic heterocycles. The highest BCUT2D eigenvalue weighted by Gasteiger charge is 2.48. The number of ether oxygens (including phenoxy) is 2. The minimum Gasteiger partial charge on any atom is -0.379 e. The molecule has 0 spiro atoms. The van der Waals surface area contributed by atoms with Crippen LogP contribution < -0.4 is 5.32 Å². The average molecular weight is 410 g/mol. The van der Waals surface area contributed by atoms with Gasteiger partial charge < -0.3 is 14.8 Å². The average Bonchev–Trinajstić information content (AvgIpc) is 2.74. The van der Waals surface area contributed by atoms with E-state index in [0.717, 1.165) is 87.0 Å². The van der Waals surface area contributed by atoms with Crippen molar-refractivity contribution in [2.45, 2.75) is 74.2 Å². The van der Waals surface area contributed by atoms with Crippen molar-refractivity contribution in [1.82, 2.24) is 15.1 Å². The Hall–Kier alpha value is 0.150. The number of morpholine rings is 2. The minimum absolute atomic E-state index is 0.714. The summed E-state index contributed by atoms with van der Waals surface area (Å²) < 4.78 is 11.2. The number of nitrogens with one attached hydrogen (secondary N) is 1. The monoisotopic (exact) mass is 409 g/mol. The van der Waals surface area contributed by atoms with Crippen LogP contribution in [0.2, 0.25) is 0 Å². The van der Waals surface area contributed by atoms with Crippen LogP contribution in [-0.2, 0) is 9.47 Å². The van der Waals surface area contributed by atoms with Crippen LogP contribution in [0.5, 0.6) is 0 Å². The van der Waals surface area contributed by atoms with Gasteiger partial charge in [-0.1, -0.05) is 13.8 Å². The van der Waals surface area contributed by atoms with Gasteiger partial charge in [-0.05, 0) is 37.5 Å². The Morgan fingerprint density at radius 3 is 1.54 bits per heavy atom. The molecule has 5 fully saturated rings. The normalized spacial score (nSPS) is 48.6. The topological polar surface area (TPSA) is 37.0 Å². The van der Waals surface area contributed by atoms with Gasteiger partial charge in [0.05, 0.1) is 26.4 Å². The summed E-state index contributed by atoms with van der Waals surface area (Å²) in [4.78, 5) is 5.45. The van der Waals surface area contributed by atoms with Crippen molar-refractivity contribution in [2.75, 3.05) is 52.6 Å². The second kappa shape index (κ2) is 8.72. The predicted molar refractivity (Wildman–Crippen MR) is 115 cm³/mol. The van der Waals surface area contributed by atoms with Gasteiger partial charge in [0.2, 0.25) is 0 Å². The SMILES string of the molecule is CC1CC(N2CCOCC2)CC2SC3CC(N4CCOCC4)CC(C)C3NC12. The molecule has 2 saturated carbocycles. The van der Waals surface area contributed by atoms with E-state index in [1.54, 1.807) is 0 Å². The summed E-state index contributed by atoms with van der Waals surface area (Å²) >= 11 is 2.36. The highest BCUT2D eigenvalue weighted by molar-refractivity contribution is 8.00. The smallest absolute Gasteiger partial charge is 0.0594 e. The highest BCUT2D eigenvalue weighted by atomic mass is 32.2. The van der Waals surface area contributed by atoms with Gasteiger partial charge in [-0.25, -0.2) is 0 Å². The number of rotatable bonds is 2. The molecule has 8 unspecified atom stereocenters. The maximum atomic E-state index is 5.60. The lowest BCUT2D eigenvalue weighted by atomic mass is 9.77. The number of thioether (sulfide) groups is 1. The first-order valence-corrected chi connectivity index (χ1v) is 12.7. The van der Waals surface area contributed by atoms with Crippen LogP contribution in [0.25, 0.3) is 0 Å². The van der Waals surface area contributed by atoms with E-state index in [2.05, 4.69) is 40.7 Å². The van der Waals surface area contributed by atoms with Gasteiger partial charge in [0, 0.05) is 60.8 Å². The van der Waals surface area contributed by atoms with Crippen LogP contribution in [0.3, 0.4) is 0 Å². The summed E-state index contributed by atoms with van der Waals surface area (Å²) in [6.45, 7) is 13.2. The van der Waals surface area contributed by atoms with Gasteiger partial charge in [-0.2, -0.15) is 11.8 Å². The molecule has 5 rings (SSSR count). The van der Waals surface area contributed by atoms with Crippen molar-refractivity contribution in [2.24, 2.45) is 11.8 Å². The number of hydrogen-bond donors (Lipinski definition) is 1. The zero-order chi connectivity index (χ0) is 19.1. The predicted octanol–water partition coefficient (Wildman–Crippen LogP) is 2.06. The zero-order valence-electron chi connectivity index (χ0n) is 17.7. The van der Waals surface area contributed by atoms with Crippen molar-refractivity contribution in [3.8, 4) is 0 Å². The van der Waals surface area contributed by atoms with Gasteiger partial charge >= 0.3 is 0 Å². The Kier molecular flexibility index (Phi) is 6.25. The van der Waals surface area contributed by atoms with Crippen molar-refractivity contribution in [3.05, 3.63) is 0 Å². The first-order valence-electron chi connectivity index (χ1n) is 11.7. The Labute approximate surface area is 175 Å². The third kappa shape index (κ3) is 4.02. The van der Waals surface area contributed by atoms with E-state index in [-0.39, 0.29) is 0 Å². The van der Waals surface area contributed by atoms with E-state index in [4.69, 9.17) is 9.47 Å². The summed E-state index contributed by atoms with van der Waals surface area (Å²) in [5.41, 5.74) is 0. The summed E-state index contributed by atoms with van der Waals surface area (Å²) in [6.07, 6.45) is 5.45. The number of nitrogens with zero attached hydrogens (tertiary/aromatic N) is 2. The second-order valence-electron chi connectivity index (χ2n) is 9.93. The molecular weight excluding hydrogens is 370 g/mol. The van der Waals surface area contributed by atoms with Crippen LogP contribution in [-0.4, -0.2) is 97.1 Å². The molecule has 3 saturated heterocycles. The molecule has 3 heterocycles. The fourth-order valence-corrected chi connectivity index (χ4v) is 8.81. The Morgan fingerprint density at radius 2 is 1.11 bits per heavy atom. The fourth-order valence-electron chi connectivity index (χ4n) is 6.66. The molecule has 5 aliphatic rings. The maximum absolute atomic E-state index is 5.60. The first kappa shape index (κ1) is 20.1. The molecule has 5 nitrogen and oxygen atoms in total. The summed E-state index contributed by atoms with van der Waals surface area (Å²) in [7, 11) is 0. The third-order valence-electron chi connectivity index (χ3n) is 8.18. The van der Waals surface area contributed by atoms with Crippen LogP contribution in [0.1, 0.15) is 39.5 Å². The van der Waals surface area contributed by atoms with Crippen molar-refractivity contribution < 1.29 is 9.47 Å². The summed E-state index contributed by atoms with van der Waals surface area (Å²) in [5, 5.41) is 5.77. The first-order chi connectivity index (χ1) is 13.7. The zero-order valence-corrected chi connectivity index (χ0v) is 18.5. The van der Waals surface area contributed by atoms with Crippen LogP contribution in [0.4, 0.5) is 0 Å². The molecule has 0 aromatic rings. The molecule has 28 heavy (non-hydrogen) atoms. The molecule has 1 N–H and O–H groups in total. The lowest BCUT2D eigenvalue weighted by Gasteiger charge is -2.55. The van der Waals surface area contributed by atoms with E-state index in [1.165, 1.54) is 25.7 Å². The molecule has 6 heteroatoms. The summed E-state index contributed by atoms with van der Waals surface area (Å²) in [5.74, 6) is 1.56. The largest absolute Gasteiger partial charge is 0.379 e. The highest BCUT2D eigenvalue weighted by Crippen LogP contribution is 2.46. The lowest BCUT2D eigenvalue weighted by molar-refractivity contribution is -0.00678. The Morgan fingerprint density at radius 1 is 0.679 bits per heavy atom. The summed E-state index contributed by atoms with van der Waals surface area (Å²) in [6, 6.07) is 2.96. The molecule has 0 radical (unpaired) electrons. The molecule has 3 aliphatic heterocycles. The van der Waals surface area contributed by atoms with E-state index < -0.39 is 0 Å². The van der Waals surface area contributed by atoms with E-state index in [1.807, 2.05) is 0 Å². The molecule has 0 aromatic carbocycles. The molecule has 2 aliphatic carbocycles. The molecule has 8 atom stereocenters. The molecule has 0 bridgehead atoms. The van der Waals surface area contributed by atoms with Crippen molar-refractivity contribution in [1.29, 1.82) is 0 Å². The maximum Gasteiger partial charge on any atom is 0.0594 e. The van der Waals surface area contributed by atoms with Crippen molar-refractivity contribution >= 4 is 11.8 Å². The van der Waals surface area contributed by atoms with Gasteiger partial charge in [0.25, 0.3) is 0 Å². The van der Waals surface area contributed by atoms with Gasteiger partial charge in [0.1, 0.15) is 0 Å². The van der Waals surface area contributed by atoms with E-state index in [9.17, 15) is 0 Å². The molecule has 160 valence electrons. The second-order valence-corrected chi connectivity index (χ2v) is 11.4. The Bertz CT molecular complexity index is 482.